The van der Waals surface area contributed by atoms with Gasteiger partial charge in [-0.1, -0.05) is 24.3 Å². The number of hydrogen-bond acceptors (Lipinski definition) is 3. The van der Waals surface area contributed by atoms with E-state index in [1.165, 1.54) is 12.1 Å². The summed E-state index contributed by atoms with van der Waals surface area (Å²) in [6, 6.07) is 17.6. The minimum atomic E-state index is -4.45. The third-order valence-electron chi connectivity index (χ3n) is 5.23. The van der Waals surface area contributed by atoms with Gasteiger partial charge >= 0.3 is 12.2 Å². The van der Waals surface area contributed by atoms with Crippen LogP contribution in [0.2, 0.25) is 0 Å². The molecule has 0 saturated heterocycles. The number of hydrogen-bond donors (Lipinski definition) is 4. The second kappa shape index (κ2) is 8.07. The quantitative estimate of drug-likeness (QED) is 0.277. The minimum Gasteiger partial charge on any atom is -0.338 e. The Labute approximate surface area is 190 Å². The first-order chi connectivity index (χ1) is 16.3. The number of carbonyl (C=O) groups excluding carboxylic acids is 1. The van der Waals surface area contributed by atoms with Gasteiger partial charge in [-0.2, -0.15) is 13.2 Å². The summed E-state index contributed by atoms with van der Waals surface area (Å²) in [6.07, 6.45) is -4.45. The Morgan fingerprint density at radius 2 is 1.56 bits per heavy atom. The zero-order chi connectivity index (χ0) is 23.9. The third-order valence-corrected chi connectivity index (χ3v) is 5.23. The first-order valence-corrected chi connectivity index (χ1v) is 10.1. The fourth-order valence-electron chi connectivity index (χ4n) is 3.66. The Morgan fingerprint density at radius 3 is 2.32 bits per heavy atom. The Hall–Kier alpha value is -4.60. The lowest BCUT2D eigenvalue weighted by atomic mass is 10.1. The standard InChI is InChI=1S/C24H16F3N5O2/c25-24(26,27)13-6-8-14(9-7-13)28-23(34)29-15-10-11-18-19(12-15)31-21(30-18)20-16-4-2-1-3-5-17(16)32-22(20)33/h1-12H,(H,30,31)(H,32,33)(H2,28,29,34). The number of alkyl halides is 3. The van der Waals surface area contributed by atoms with Gasteiger partial charge in [0.25, 0.3) is 5.56 Å². The van der Waals surface area contributed by atoms with Crippen LogP contribution in [-0.2, 0) is 6.18 Å². The van der Waals surface area contributed by atoms with Gasteiger partial charge in [0.1, 0.15) is 5.82 Å². The molecular weight excluding hydrogens is 447 g/mol. The van der Waals surface area contributed by atoms with Gasteiger partial charge < -0.3 is 20.6 Å². The number of aromatic amines is 2. The molecule has 5 rings (SSSR count). The van der Waals surface area contributed by atoms with Crippen LogP contribution in [0.3, 0.4) is 0 Å². The van der Waals surface area contributed by atoms with E-state index in [-0.39, 0.29) is 11.2 Å². The van der Waals surface area contributed by atoms with E-state index in [9.17, 15) is 22.8 Å². The van der Waals surface area contributed by atoms with Crippen LogP contribution in [-0.4, -0.2) is 21.0 Å². The van der Waals surface area contributed by atoms with Crippen molar-refractivity contribution in [1.29, 1.82) is 0 Å². The molecule has 170 valence electrons. The lowest BCUT2D eigenvalue weighted by Crippen LogP contribution is -2.19. The van der Waals surface area contributed by atoms with E-state index in [1.54, 1.807) is 24.3 Å². The number of carbonyl (C=O) groups is 1. The zero-order valence-electron chi connectivity index (χ0n) is 17.3. The molecule has 0 fully saturated rings. The molecule has 2 heterocycles. The molecule has 0 spiro atoms. The predicted octanol–water partition coefficient (Wildman–Crippen LogP) is 5.69. The summed E-state index contributed by atoms with van der Waals surface area (Å²) >= 11 is 0. The van der Waals surface area contributed by atoms with E-state index < -0.39 is 17.8 Å². The molecule has 7 nitrogen and oxygen atoms in total. The monoisotopic (exact) mass is 463 g/mol. The third kappa shape index (κ3) is 4.08. The summed E-state index contributed by atoms with van der Waals surface area (Å²) < 4.78 is 38.0. The first kappa shape index (κ1) is 21.3. The van der Waals surface area contributed by atoms with Crippen molar-refractivity contribution in [3.8, 4) is 22.6 Å². The number of anilines is 2. The largest absolute Gasteiger partial charge is 0.416 e. The van der Waals surface area contributed by atoms with Crippen molar-refractivity contribution in [2.45, 2.75) is 6.18 Å². The molecule has 2 amide bonds. The van der Waals surface area contributed by atoms with Gasteiger partial charge in [-0.15, -0.1) is 0 Å². The van der Waals surface area contributed by atoms with E-state index >= 15 is 0 Å². The van der Waals surface area contributed by atoms with Gasteiger partial charge in [0.05, 0.1) is 22.2 Å². The second-order valence-electron chi connectivity index (χ2n) is 7.54. The highest BCUT2D eigenvalue weighted by molar-refractivity contribution is 6.01. The molecule has 1 aromatic heterocycles. The van der Waals surface area contributed by atoms with Crippen molar-refractivity contribution in [3.05, 3.63) is 88.7 Å². The maximum Gasteiger partial charge on any atom is 0.416 e. The second-order valence-corrected chi connectivity index (χ2v) is 7.54. The van der Waals surface area contributed by atoms with Crippen LogP contribution in [0, 0.1) is 0 Å². The number of nitrogens with one attached hydrogen (secondary N) is 4. The molecule has 4 N–H and O–H groups in total. The maximum absolute atomic E-state index is 12.7. The average Bonchev–Trinajstić information content (AvgIpc) is 3.24. The number of imidazole rings is 1. The highest BCUT2D eigenvalue weighted by atomic mass is 19.4. The molecule has 2 aromatic carbocycles. The van der Waals surface area contributed by atoms with Crippen LogP contribution in [0.25, 0.3) is 33.7 Å². The van der Waals surface area contributed by atoms with E-state index in [0.29, 0.717) is 33.8 Å². The van der Waals surface area contributed by atoms with Crippen LogP contribution in [0.15, 0.2) is 77.6 Å². The summed E-state index contributed by atoms with van der Waals surface area (Å²) in [4.78, 5) is 35.3. The smallest absolute Gasteiger partial charge is 0.338 e. The van der Waals surface area contributed by atoms with E-state index in [0.717, 1.165) is 17.7 Å². The number of urea groups is 1. The van der Waals surface area contributed by atoms with E-state index in [2.05, 4.69) is 25.6 Å². The van der Waals surface area contributed by atoms with Crippen LogP contribution >= 0.6 is 0 Å². The number of rotatable bonds is 3. The molecule has 10 heteroatoms. The Morgan fingerprint density at radius 1 is 0.853 bits per heavy atom. The molecule has 2 aliphatic rings. The zero-order valence-corrected chi connectivity index (χ0v) is 17.3. The number of H-pyrrole nitrogens is 2. The fraction of sp³-hybridized carbons (Fsp3) is 0.0417. The molecular formula is C24H16F3N5O2. The molecule has 1 aliphatic carbocycles. The molecule has 0 atom stereocenters. The summed E-state index contributed by atoms with van der Waals surface area (Å²) in [6.45, 7) is 0. The van der Waals surface area contributed by atoms with Crippen molar-refractivity contribution < 1.29 is 18.0 Å². The van der Waals surface area contributed by atoms with Crippen molar-refractivity contribution in [2.75, 3.05) is 10.6 Å². The average molecular weight is 463 g/mol. The first-order valence-electron chi connectivity index (χ1n) is 10.1. The Balaban J connectivity index is 1.36. The van der Waals surface area contributed by atoms with Gasteiger partial charge in [0, 0.05) is 22.6 Å². The normalized spacial score (nSPS) is 11.6. The van der Waals surface area contributed by atoms with Crippen LogP contribution in [0.1, 0.15) is 5.56 Å². The summed E-state index contributed by atoms with van der Waals surface area (Å²) in [5, 5.41) is 5.12. The van der Waals surface area contributed by atoms with Gasteiger partial charge in [-0.05, 0) is 48.5 Å². The lowest BCUT2D eigenvalue weighted by Gasteiger charge is -2.10. The van der Waals surface area contributed by atoms with Crippen LogP contribution < -0.4 is 16.2 Å². The molecule has 3 aromatic rings. The summed E-state index contributed by atoms with van der Waals surface area (Å²) in [7, 11) is 0. The van der Waals surface area contributed by atoms with E-state index in [4.69, 9.17) is 0 Å². The number of fused-ring (bicyclic) bond motifs is 2. The molecule has 0 saturated carbocycles. The van der Waals surface area contributed by atoms with E-state index in [1.807, 2.05) is 24.3 Å². The topological polar surface area (TPSA) is 103 Å². The minimum absolute atomic E-state index is 0.214. The SMILES string of the molecule is O=C(Nc1ccc(C(F)(F)F)cc1)Nc1ccc2nc(-c3c4cccccc-4[nH]c3=O)[nH]c2c1. The van der Waals surface area contributed by atoms with Gasteiger partial charge in [-0.25, -0.2) is 9.78 Å². The van der Waals surface area contributed by atoms with Gasteiger partial charge in [0.15, 0.2) is 0 Å². The molecule has 1 aliphatic heterocycles. The highest BCUT2D eigenvalue weighted by Crippen LogP contribution is 2.31. The number of amides is 2. The molecule has 0 unspecified atom stereocenters. The van der Waals surface area contributed by atoms with Crippen LogP contribution in [0.5, 0.6) is 0 Å². The summed E-state index contributed by atoms with van der Waals surface area (Å²) in [5.74, 6) is 0.392. The summed E-state index contributed by atoms with van der Waals surface area (Å²) in [5.41, 5.74) is 2.59. The number of benzene rings is 2. The molecule has 0 radical (unpaired) electrons. The lowest BCUT2D eigenvalue weighted by molar-refractivity contribution is -0.137. The van der Waals surface area contributed by atoms with Crippen molar-refractivity contribution in [3.63, 3.8) is 0 Å². The number of nitrogens with zero attached hydrogens (tertiary/aromatic N) is 1. The van der Waals surface area contributed by atoms with Crippen molar-refractivity contribution in [1.82, 2.24) is 15.0 Å². The molecule has 34 heavy (non-hydrogen) atoms. The predicted molar refractivity (Wildman–Crippen MR) is 123 cm³/mol. The fourth-order valence-corrected chi connectivity index (χ4v) is 3.66. The van der Waals surface area contributed by atoms with Gasteiger partial charge in [0.2, 0.25) is 0 Å². The van der Waals surface area contributed by atoms with Gasteiger partial charge in [-0.3, -0.25) is 4.79 Å². The number of aromatic nitrogens is 3. The highest BCUT2D eigenvalue weighted by Gasteiger charge is 2.30. The van der Waals surface area contributed by atoms with Crippen molar-refractivity contribution in [2.24, 2.45) is 0 Å². The maximum atomic E-state index is 12.7. The Bertz CT molecular complexity index is 1540. The Kier molecular flexibility index (Phi) is 5.05. The molecule has 0 bridgehead atoms. The number of halogens is 3. The van der Waals surface area contributed by atoms with Crippen LogP contribution in [0.4, 0.5) is 29.3 Å². The van der Waals surface area contributed by atoms with Crippen molar-refractivity contribution >= 4 is 28.4 Å².